The number of fused-ring (bicyclic) bond motifs is 2. The molecule has 26 heavy (non-hydrogen) atoms. The Bertz CT molecular complexity index is 805. The Morgan fingerprint density at radius 1 is 1.23 bits per heavy atom. The van der Waals surface area contributed by atoms with Crippen molar-refractivity contribution in [1.29, 1.82) is 0 Å². The number of allylic oxidation sites excluding steroid dienone is 1. The van der Waals surface area contributed by atoms with Gasteiger partial charge in [-0.25, -0.2) is 9.37 Å². The molecule has 1 N–H and O–H groups in total. The molecule has 0 radical (unpaired) electrons. The summed E-state index contributed by atoms with van der Waals surface area (Å²) in [6, 6.07) is 2.90. The normalized spacial score (nSPS) is 30.3. The molecule has 1 aliphatic heterocycles. The lowest BCUT2D eigenvalue weighted by molar-refractivity contribution is 0.0763. The summed E-state index contributed by atoms with van der Waals surface area (Å²) in [6.45, 7) is 4.69. The van der Waals surface area contributed by atoms with E-state index in [1.165, 1.54) is 11.8 Å². The maximum absolute atomic E-state index is 14.1. The molecule has 138 valence electrons. The van der Waals surface area contributed by atoms with Crippen LogP contribution < -0.4 is 5.32 Å². The predicted molar refractivity (Wildman–Crippen MR) is 98.5 cm³/mol. The first-order valence-corrected chi connectivity index (χ1v) is 9.35. The molecule has 4 rings (SSSR count). The largest absolute Gasteiger partial charge is 0.363 e. The van der Waals surface area contributed by atoms with Crippen molar-refractivity contribution in [1.82, 2.24) is 15.2 Å². The van der Waals surface area contributed by atoms with Crippen molar-refractivity contribution in [3.05, 3.63) is 41.2 Å². The Morgan fingerprint density at radius 3 is 2.88 bits per heavy atom. The third-order valence-corrected chi connectivity index (χ3v) is 6.24. The van der Waals surface area contributed by atoms with Gasteiger partial charge < -0.3 is 10.2 Å². The summed E-state index contributed by atoms with van der Waals surface area (Å²) in [4.78, 5) is 23.6. The van der Waals surface area contributed by atoms with Crippen LogP contribution in [-0.2, 0) is 0 Å². The Balaban J connectivity index is 1.56. The minimum Gasteiger partial charge on any atom is -0.363 e. The molecule has 2 atom stereocenters. The van der Waals surface area contributed by atoms with Crippen LogP contribution in [0.25, 0.3) is 0 Å². The predicted octanol–water partition coefficient (Wildman–Crippen LogP) is 3.35. The smallest absolute Gasteiger partial charge is 0.273 e. The van der Waals surface area contributed by atoms with Crippen molar-refractivity contribution in [3.8, 4) is 0 Å². The monoisotopic (exact) mass is 356 g/mol. The van der Waals surface area contributed by atoms with Crippen LogP contribution in [0.2, 0.25) is 0 Å². The number of aliphatic imine (C=N–C) groups is 1. The summed E-state index contributed by atoms with van der Waals surface area (Å²) in [5.74, 6) is -0.952. The Morgan fingerprint density at radius 2 is 2.08 bits per heavy atom. The van der Waals surface area contributed by atoms with E-state index in [9.17, 15) is 9.18 Å². The Labute approximate surface area is 153 Å². The van der Waals surface area contributed by atoms with E-state index in [0.29, 0.717) is 5.69 Å². The highest BCUT2D eigenvalue weighted by Crippen LogP contribution is 2.52. The maximum atomic E-state index is 14.1. The summed E-state index contributed by atoms with van der Waals surface area (Å²) in [6.07, 6.45) is 9.85. The first-order valence-electron chi connectivity index (χ1n) is 9.35. The lowest BCUT2D eigenvalue weighted by Crippen LogP contribution is -2.55. The van der Waals surface area contributed by atoms with Crippen LogP contribution in [0.1, 0.15) is 61.6 Å². The van der Waals surface area contributed by atoms with Crippen molar-refractivity contribution in [2.24, 2.45) is 4.99 Å². The van der Waals surface area contributed by atoms with Crippen LogP contribution in [-0.4, -0.2) is 39.6 Å². The quantitative estimate of drug-likeness (QED) is 0.904. The zero-order valence-corrected chi connectivity index (χ0v) is 15.4. The first-order chi connectivity index (χ1) is 12.4. The second-order valence-corrected chi connectivity index (χ2v) is 7.98. The van der Waals surface area contributed by atoms with Gasteiger partial charge >= 0.3 is 0 Å². The standard InChI is InChI=1S/C20H25FN4O/c1-14-4-5-16(21)17(23-14)18(26)24-19-6-3-7-20(13-19,9-8-19)25-11-10-22-12-15(25)2/h4-5,10,12H,3,6-9,11,13H2,1-2H3,(H,24,26). The molecule has 2 fully saturated rings. The van der Waals surface area contributed by atoms with Gasteiger partial charge in [-0.1, -0.05) is 0 Å². The molecule has 0 spiro atoms. The third kappa shape index (κ3) is 2.81. The average Bonchev–Trinajstić information content (AvgIpc) is 2.88. The number of nitrogens with one attached hydrogen (secondary N) is 1. The molecular formula is C20H25FN4O. The maximum Gasteiger partial charge on any atom is 0.273 e. The van der Waals surface area contributed by atoms with E-state index in [2.05, 4.69) is 27.1 Å². The third-order valence-electron chi connectivity index (χ3n) is 6.24. The van der Waals surface area contributed by atoms with E-state index in [-0.39, 0.29) is 16.8 Å². The van der Waals surface area contributed by atoms with Gasteiger partial charge in [0.1, 0.15) is 0 Å². The van der Waals surface area contributed by atoms with Crippen LogP contribution in [0.15, 0.2) is 29.0 Å². The minimum absolute atomic E-state index is 0.0666. The van der Waals surface area contributed by atoms with Crippen LogP contribution in [0, 0.1) is 12.7 Å². The fourth-order valence-electron chi connectivity index (χ4n) is 5.07. The summed E-state index contributed by atoms with van der Waals surface area (Å²) in [5, 5.41) is 3.17. The number of pyridine rings is 1. The van der Waals surface area contributed by atoms with Gasteiger partial charge in [-0.3, -0.25) is 9.79 Å². The first kappa shape index (κ1) is 17.2. The molecule has 0 saturated heterocycles. The molecule has 6 heteroatoms. The van der Waals surface area contributed by atoms with E-state index in [0.717, 1.165) is 45.1 Å². The molecule has 3 aliphatic rings. The SMILES string of the molecule is CC1=CN=CCN1C12CCCC(NC(=O)c3nc(C)ccc3F)(CC1)C2. The minimum atomic E-state index is -0.560. The highest BCUT2D eigenvalue weighted by atomic mass is 19.1. The van der Waals surface area contributed by atoms with Crippen molar-refractivity contribution in [2.45, 2.75) is 63.5 Å². The van der Waals surface area contributed by atoms with Crippen LogP contribution in [0.4, 0.5) is 4.39 Å². The highest BCUT2D eigenvalue weighted by Gasteiger charge is 2.54. The number of carbonyl (C=O) groups excluding carboxylic acids is 1. The van der Waals surface area contributed by atoms with Crippen molar-refractivity contribution in [3.63, 3.8) is 0 Å². The van der Waals surface area contributed by atoms with Crippen LogP contribution >= 0.6 is 0 Å². The lowest BCUT2D eigenvalue weighted by atomic mass is 9.77. The second kappa shape index (κ2) is 6.18. The molecule has 1 aromatic rings. The van der Waals surface area contributed by atoms with Gasteiger partial charge in [0.2, 0.25) is 0 Å². The Kier molecular flexibility index (Phi) is 4.09. The highest BCUT2D eigenvalue weighted by molar-refractivity contribution is 5.93. The topological polar surface area (TPSA) is 57.6 Å². The number of halogens is 1. The van der Waals surface area contributed by atoms with E-state index in [1.807, 2.05) is 12.4 Å². The van der Waals surface area contributed by atoms with Gasteiger partial charge in [-0.2, -0.15) is 0 Å². The number of aryl methyl sites for hydroxylation is 1. The fourth-order valence-corrected chi connectivity index (χ4v) is 5.07. The van der Waals surface area contributed by atoms with Crippen LogP contribution in [0.5, 0.6) is 0 Å². The molecule has 5 nitrogen and oxygen atoms in total. The molecule has 2 saturated carbocycles. The van der Waals surface area contributed by atoms with Gasteiger partial charge in [-0.15, -0.1) is 0 Å². The number of amides is 1. The van der Waals surface area contributed by atoms with Gasteiger partial charge in [0.05, 0.1) is 6.54 Å². The summed E-state index contributed by atoms with van der Waals surface area (Å²) in [7, 11) is 0. The zero-order valence-electron chi connectivity index (χ0n) is 15.4. The number of aromatic nitrogens is 1. The average molecular weight is 356 g/mol. The lowest BCUT2D eigenvalue weighted by Gasteiger charge is -2.48. The number of hydrogen-bond acceptors (Lipinski definition) is 4. The van der Waals surface area contributed by atoms with Crippen LogP contribution in [0.3, 0.4) is 0 Å². The fraction of sp³-hybridized carbons (Fsp3) is 0.550. The van der Waals surface area contributed by atoms with Gasteiger partial charge in [0.25, 0.3) is 5.91 Å². The molecule has 0 aromatic carbocycles. The Hall–Kier alpha value is -2.24. The van der Waals surface area contributed by atoms with Crippen molar-refractivity contribution in [2.75, 3.05) is 6.54 Å². The van der Waals surface area contributed by atoms with Gasteiger partial charge in [0.15, 0.2) is 11.5 Å². The molecule has 2 aliphatic carbocycles. The van der Waals surface area contributed by atoms with Gasteiger partial charge in [0, 0.05) is 34.9 Å². The van der Waals surface area contributed by atoms with E-state index in [4.69, 9.17) is 0 Å². The molecular weight excluding hydrogens is 331 g/mol. The van der Waals surface area contributed by atoms with Crippen molar-refractivity contribution >= 4 is 12.1 Å². The summed E-state index contributed by atoms with van der Waals surface area (Å²) in [5.41, 5.74) is 1.54. The van der Waals surface area contributed by atoms with Crippen molar-refractivity contribution < 1.29 is 9.18 Å². The van der Waals surface area contributed by atoms with E-state index in [1.54, 1.807) is 13.0 Å². The molecule has 1 amide bonds. The van der Waals surface area contributed by atoms with E-state index >= 15 is 0 Å². The van der Waals surface area contributed by atoms with E-state index < -0.39 is 11.7 Å². The summed E-state index contributed by atoms with van der Waals surface area (Å²) >= 11 is 0. The molecule has 2 heterocycles. The number of rotatable bonds is 3. The summed E-state index contributed by atoms with van der Waals surface area (Å²) < 4.78 is 14.1. The molecule has 2 unspecified atom stereocenters. The number of hydrogen-bond donors (Lipinski definition) is 1. The second-order valence-electron chi connectivity index (χ2n) is 7.98. The number of carbonyl (C=O) groups is 1. The molecule has 2 bridgehead atoms. The number of nitrogens with zero attached hydrogens (tertiary/aromatic N) is 3. The van der Waals surface area contributed by atoms with Gasteiger partial charge in [-0.05, 0) is 64.5 Å². The zero-order chi connectivity index (χ0) is 18.4. The molecule has 1 aromatic heterocycles.